The van der Waals surface area contributed by atoms with Gasteiger partial charge in [-0.05, 0) is 32.4 Å². The molecule has 1 aliphatic heterocycles. The van der Waals surface area contributed by atoms with Crippen LogP contribution < -0.4 is 0 Å². The number of aryl methyl sites for hydroxylation is 3. The van der Waals surface area contributed by atoms with Crippen LogP contribution in [0.5, 0.6) is 0 Å². The lowest BCUT2D eigenvalue weighted by molar-refractivity contribution is 0.0695. The van der Waals surface area contributed by atoms with Crippen LogP contribution in [0.2, 0.25) is 0 Å². The van der Waals surface area contributed by atoms with Crippen LogP contribution in [0.15, 0.2) is 33.7 Å². The maximum absolute atomic E-state index is 12.8. The maximum Gasteiger partial charge on any atom is 0.259 e. The Bertz CT molecular complexity index is 877. The van der Waals surface area contributed by atoms with Crippen LogP contribution >= 0.6 is 0 Å². The summed E-state index contributed by atoms with van der Waals surface area (Å²) in [5.74, 6) is 0.321. The highest BCUT2D eigenvalue weighted by molar-refractivity contribution is 7.89. The first-order valence-corrected chi connectivity index (χ1v) is 9.54. The predicted molar refractivity (Wildman–Crippen MR) is 91.8 cm³/mol. The molecule has 0 atom stereocenters. The molecule has 3 rings (SSSR count). The first kappa shape index (κ1) is 17.6. The number of benzene rings is 1. The number of sulfonamides is 1. The van der Waals surface area contributed by atoms with E-state index in [9.17, 15) is 13.2 Å². The average Bonchev–Trinajstić information content (AvgIpc) is 2.93. The smallest absolute Gasteiger partial charge is 0.259 e. The van der Waals surface area contributed by atoms with Gasteiger partial charge in [-0.25, -0.2) is 8.42 Å². The van der Waals surface area contributed by atoms with E-state index in [0.717, 1.165) is 5.56 Å². The van der Waals surface area contributed by atoms with Gasteiger partial charge < -0.3 is 9.42 Å². The van der Waals surface area contributed by atoms with Crippen molar-refractivity contribution in [2.75, 3.05) is 26.2 Å². The van der Waals surface area contributed by atoms with E-state index in [-0.39, 0.29) is 19.0 Å². The van der Waals surface area contributed by atoms with Crippen LogP contribution in [0.25, 0.3) is 0 Å². The Kier molecular flexibility index (Phi) is 4.66. The van der Waals surface area contributed by atoms with E-state index < -0.39 is 10.0 Å². The summed E-state index contributed by atoms with van der Waals surface area (Å²) in [4.78, 5) is 14.6. The van der Waals surface area contributed by atoms with Crippen LogP contribution in [0.3, 0.4) is 0 Å². The van der Waals surface area contributed by atoms with Crippen molar-refractivity contribution < 1.29 is 17.7 Å². The number of nitrogens with zero attached hydrogens (tertiary/aromatic N) is 3. The SMILES string of the molecule is Cc1ccccc1S(=O)(=O)N1CCN(C(=O)c2c(C)noc2C)CC1. The quantitative estimate of drug-likeness (QED) is 0.829. The highest BCUT2D eigenvalue weighted by Crippen LogP contribution is 2.22. The number of hydrogen-bond donors (Lipinski definition) is 0. The minimum Gasteiger partial charge on any atom is -0.361 e. The molecule has 0 saturated carbocycles. The van der Waals surface area contributed by atoms with Crippen molar-refractivity contribution in [2.45, 2.75) is 25.7 Å². The highest BCUT2D eigenvalue weighted by atomic mass is 32.2. The van der Waals surface area contributed by atoms with Gasteiger partial charge in [0.25, 0.3) is 5.91 Å². The number of aromatic nitrogens is 1. The molecule has 1 fully saturated rings. The molecule has 0 N–H and O–H groups in total. The summed E-state index contributed by atoms with van der Waals surface area (Å²) >= 11 is 0. The second-order valence-electron chi connectivity index (χ2n) is 6.16. The van der Waals surface area contributed by atoms with E-state index in [1.54, 1.807) is 43.9 Å². The summed E-state index contributed by atoms with van der Waals surface area (Å²) < 4.78 is 32.1. The molecule has 2 aromatic rings. The Morgan fingerprint density at radius 1 is 1.08 bits per heavy atom. The Morgan fingerprint density at radius 2 is 1.72 bits per heavy atom. The average molecular weight is 363 g/mol. The molecule has 0 spiro atoms. The number of carbonyl (C=O) groups is 1. The highest BCUT2D eigenvalue weighted by Gasteiger charge is 2.32. The van der Waals surface area contributed by atoms with Crippen molar-refractivity contribution in [3.8, 4) is 0 Å². The van der Waals surface area contributed by atoms with Gasteiger partial charge in [0.05, 0.1) is 10.6 Å². The van der Waals surface area contributed by atoms with Crippen molar-refractivity contribution in [2.24, 2.45) is 0 Å². The Morgan fingerprint density at radius 3 is 2.28 bits per heavy atom. The fourth-order valence-corrected chi connectivity index (χ4v) is 4.71. The fourth-order valence-electron chi connectivity index (χ4n) is 3.06. The van der Waals surface area contributed by atoms with Gasteiger partial charge in [0.2, 0.25) is 10.0 Å². The van der Waals surface area contributed by atoms with Crippen LogP contribution in [0, 0.1) is 20.8 Å². The van der Waals surface area contributed by atoms with E-state index in [1.165, 1.54) is 4.31 Å². The zero-order valence-corrected chi connectivity index (χ0v) is 15.3. The first-order valence-electron chi connectivity index (χ1n) is 8.10. The number of amides is 1. The molecular formula is C17H21N3O4S. The lowest BCUT2D eigenvalue weighted by Gasteiger charge is -2.34. The molecule has 25 heavy (non-hydrogen) atoms. The zero-order valence-electron chi connectivity index (χ0n) is 14.5. The van der Waals surface area contributed by atoms with E-state index >= 15 is 0 Å². The van der Waals surface area contributed by atoms with Crippen LogP contribution in [-0.4, -0.2) is 54.9 Å². The third-order valence-corrected chi connectivity index (χ3v) is 6.54. The van der Waals surface area contributed by atoms with Crippen LogP contribution in [0.1, 0.15) is 27.4 Å². The molecule has 7 nitrogen and oxygen atoms in total. The molecule has 8 heteroatoms. The predicted octanol–water partition coefficient (Wildman–Crippen LogP) is 1.75. The maximum atomic E-state index is 12.8. The number of piperazine rings is 1. The van der Waals surface area contributed by atoms with Crippen LogP contribution in [-0.2, 0) is 10.0 Å². The van der Waals surface area contributed by atoms with Gasteiger partial charge in [-0.15, -0.1) is 0 Å². The van der Waals surface area contributed by atoms with Crippen molar-refractivity contribution in [3.63, 3.8) is 0 Å². The minimum atomic E-state index is -3.55. The van der Waals surface area contributed by atoms with Crippen molar-refractivity contribution in [3.05, 3.63) is 46.8 Å². The second kappa shape index (κ2) is 6.61. The number of carbonyl (C=O) groups excluding carboxylic acids is 1. The van der Waals surface area contributed by atoms with E-state index in [1.807, 2.05) is 6.07 Å². The minimum absolute atomic E-state index is 0.163. The van der Waals surface area contributed by atoms with Gasteiger partial charge in [-0.1, -0.05) is 23.4 Å². The third kappa shape index (κ3) is 3.19. The van der Waals surface area contributed by atoms with Crippen molar-refractivity contribution in [1.29, 1.82) is 0 Å². The van der Waals surface area contributed by atoms with Gasteiger partial charge in [0.1, 0.15) is 11.3 Å². The summed E-state index contributed by atoms with van der Waals surface area (Å²) in [6.45, 7) is 6.43. The topological polar surface area (TPSA) is 83.7 Å². The van der Waals surface area contributed by atoms with Gasteiger partial charge >= 0.3 is 0 Å². The lowest BCUT2D eigenvalue weighted by atomic mass is 10.1. The molecule has 1 aromatic carbocycles. The number of hydrogen-bond acceptors (Lipinski definition) is 5. The first-order chi connectivity index (χ1) is 11.8. The Hall–Kier alpha value is -2.19. The van der Waals surface area contributed by atoms with Gasteiger partial charge in [-0.2, -0.15) is 4.31 Å². The van der Waals surface area contributed by atoms with E-state index in [0.29, 0.717) is 35.0 Å². The Labute approximate surface area is 147 Å². The molecule has 0 radical (unpaired) electrons. The zero-order chi connectivity index (χ0) is 18.2. The largest absolute Gasteiger partial charge is 0.361 e. The summed E-state index contributed by atoms with van der Waals surface area (Å²) in [5.41, 5.74) is 1.74. The van der Waals surface area contributed by atoms with Crippen molar-refractivity contribution in [1.82, 2.24) is 14.4 Å². The van der Waals surface area contributed by atoms with Crippen LogP contribution in [0.4, 0.5) is 0 Å². The third-order valence-electron chi connectivity index (χ3n) is 4.48. The monoisotopic (exact) mass is 363 g/mol. The van der Waals surface area contributed by atoms with Crippen molar-refractivity contribution >= 4 is 15.9 Å². The molecule has 1 aliphatic rings. The molecule has 2 heterocycles. The van der Waals surface area contributed by atoms with E-state index in [4.69, 9.17) is 4.52 Å². The molecule has 0 aliphatic carbocycles. The molecule has 0 unspecified atom stereocenters. The van der Waals surface area contributed by atoms with Gasteiger partial charge in [0.15, 0.2) is 0 Å². The number of rotatable bonds is 3. The molecule has 1 amide bonds. The Balaban J connectivity index is 1.74. The summed E-state index contributed by atoms with van der Waals surface area (Å²) in [5, 5.41) is 3.81. The standard InChI is InChI=1S/C17H21N3O4S/c1-12-6-4-5-7-15(12)25(22,23)20-10-8-19(9-11-20)17(21)16-13(2)18-24-14(16)3/h4-7H,8-11H2,1-3H3. The summed E-state index contributed by atoms with van der Waals surface area (Å²) in [6.07, 6.45) is 0. The van der Waals surface area contributed by atoms with E-state index in [2.05, 4.69) is 5.16 Å². The normalized spacial score (nSPS) is 16.2. The summed E-state index contributed by atoms with van der Waals surface area (Å²) in [6, 6.07) is 6.93. The molecule has 1 aromatic heterocycles. The molecule has 1 saturated heterocycles. The van der Waals surface area contributed by atoms with Gasteiger partial charge in [0, 0.05) is 26.2 Å². The molecule has 0 bridgehead atoms. The summed E-state index contributed by atoms with van der Waals surface area (Å²) in [7, 11) is -3.55. The molecular weight excluding hydrogens is 342 g/mol. The fraction of sp³-hybridized carbons (Fsp3) is 0.412. The molecule has 134 valence electrons. The second-order valence-corrected chi connectivity index (χ2v) is 8.07. The lowest BCUT2D eigenvalue weighted by Crippen LogP contribution is -2.50. The van der Waals surface area contributed by atoms with Gasteiger partial charge in [-0.3, -0.25) is 4.79 Å².